The van der Waals surface area contributed by atoms with E-state index < -0.39 is 0 Å². The van der Waals surface area contributed by atoms with E-state index in [1.807, 2.05) is 11.0 Å². The summed E-state index contributed by atoms with van der Waals surface area (Å²) in [7, 11) is 0. The molecule has 0 N–H and O–H groups in total. The summed E-state index contributed by atoms with van der Waals surface area (Å²) in [5.41, 5.74) is 0. The highest BCUT2D eigenvalue weighted by Crippen LogP contribution is 2.32. The molecule has 2 rings (SSSR count). The third kappa shape index (κ3) is 1.96. The highest BCUT2D eigenvalue weighted by Gasteiger charge is 2.41. The molecule has 2 bridgehead atoms. The van der Waals surface area contributed by atoms with Gasteiger partial charge in [0.15, 0.2) is 0 Å². The van der Waals surface area contributed by atoms with Gasteiger partial charge in [-0.1, -0.05) is 19.1 Å². The van der Waals surface area contributed by atoms with E-state index in [0.29, 0.717) is 19.1 Å². The van der Waals surface area contributed by atoms with Crippen molar-refractivity contribution in [1.29, 1.82) is 5.26 Å². The quantitative estimate of drug-likeness (QED) is 0.647. The van der Waals surface area contributed by atoms with Crippen LogP contribution in [-0.4, -0.2) is 41.5 Å². The van der Waals surface area contributed by atoms with Gasteiger partial charge in [-0.25, -0.2) is 0 Å². The molecule has 4 nitrogen and oxygen atoms in total. The number of rotatable bonds is 5. The number of carbonyl (C=O) groups excluding carboxylic acids is 1. The first-order chi connectivity index (χ1) is 7.76. The van der Waals surface area contributed by atoms with Crippen molar-refractivity contribution in [3.05, 3.63) is 12.2 Å². The van der Waals surface area contributed by atoms with Crippen LogP contribution in [0.25, 0.3) is 0 Å². The Morgan fingerprint density at radius 3 is 3.00 bits per heavy atom. The maximum atomic E-state index is 11.9. The summed E-state index contributed by atoms with van der Waals surface area (Å²) in [5, 5.41) is 8.56. The molecule has 0 saturated carbocycles. The van der Waals surface area contributed by atoms with Gasteiger partial charge >= 0.3 is 0 Å². The minimum atomic E-state index is 0.125. The lowest BCUT2D eigenvalue weighted by Gasteiger charge is -2.30. The van der Waals surface area contributed by atoms with E-state index in [9.17, 15) is 4.79 Å². The minimum Gasteiger partial charge on any atom is -0.323 e. The van der Waals surface area contributed by atoms with Gasteiger partial charge in [0, 0.05) is 13.0 Å². The maximum absolute atomic E-state index is 11.9. The van der Waals surface area contributed by atoms with E-state index in [4.69, 9.17) is 5.26 Å². The second kappa shape index (κ2) is 4.67. The highest BCUT2D eigenvalue weighted by atomic mass is 16.2. The zero-order valence-corrected chi connectivity index (χ0v) is 9.59. The van der Waals surface area contributed by atoms with Crippen LogP contribution >= 0.6 is 0 Å². The predicted octanol–water partition coefficient (Wildman–Crippen LogP) is 0.966. The molecule has 0 spiro atoms. The molecule has 0 radical (unpaired) electrons. The van der Waals surface area contributed by atoms with Crippen LogP contribution in [0.4, 0.5) is 0 Å². The zero-order chi connectivity index (χ0) is 11.5. The molecule has 2 atom stereocenters. The lowest BCUT2D eigenvalue weighted by atomic mass is 10.1. The van der Waals surface area contributed by atoms with Gasteiger partial charge in [-0.05, 0) is 13.0 Å². The number of likely N-dealkylation sites (tertiary alicyclic amines) is 1. The Morgan fingerprint density at radius 1 is 1.62 bits per heavy atom. The fraction of sp³-hybridized carbons (Fsp3) is 0.667. The molecular weight excluding hydrogens is 202 g/mol. The monoisotopic (exact) mass is 219 g/mol. The molecule has 2 unspecified atom stereocenters. The summed E-state index contributed by atoms with van der Waals surface area (Å²) < 4.78 is 0. The largest absolute Gasteiger partial charge is 0.323 e. The Labute approximate surface area is 96.1 Å². The van der Waals surface area contributed by atoms with Crippen LogP contribution in [0, 0.1) is 17.2 Å². The van der Waals surface area contributed by atoms with Crippen molar-refractivity contribution in [2.45, 2.75) is 25.8 Å². The van der Waals surface area contributed by atoms with Crippen molar-refractivity contribution < 1.29 is 4.79 Å². The fourth-order valence-electron chi connectivity index (χ4n) is 2.40. The van der Waals surface area contributed by atoms with Gasteiger partial charge in [-0.2, -0.15) is 5.26 Å². The topological polar surface area (TPSA) is 47.3 Å². The van der Waals surface area contributed by atoms with Crippen LogP contribution in [0.3, 0.4) is 0 Å². The SMILES string of the molecule is CCN(CCC#N)CN1C(=O)C2C=CC1C2. The number of fused-ring (bicyclic) bond motifs is 2. The second-order valence-electron chi connectivity index (χ2n) is 4.36. The molecule has 16 heavy (non-hydrogen) atoms. The molecule has 1 amide bonds. The summed E-state index contributed by atoms with van der Waals surface area (Å²) in [4.78, 5) is 16.0. The van der Waals surface area contributed by atoms with Gasteiger partial charge < -0.3 is 4.90 Å². The minimum absolute atomic E-state index is 0.125. The van der Waals surface area contributed by atoms with E-state index >= 15 is 0 Å². The van der Waals surface area contributed by atoms with Gasteiger partial charge in [-0.3, -0.25) is 9.69 Å². The van der Waals surface area contributed by atoms with Crippen molar-refractivity contribution >= 4 is 5.91 Å². The van der Waals surface area contributed by atoms with E-state index in [-0.39, 0.29) is 11.8 Å². The molecule has 2 aliphatic rings. The van der Waals surface area contributed by atoms with Crippen molar-refractivity contribution in [2.24, 2.45) is 5.92 Å². The van der Waals surface area contributed by atoms with E-state index in [2.05, 4.69) is 24.0 Å². The molecule has 1 saturated heterocycles. The van der Waals surface area contributed by atoms with Crippen molar-refractivity contribution in [2.75, 3.05) is 19.8 Å². The summed E-state index contributed by atoms with van der Waals surface area (Å²) in [6.07, 6.45) is 5.63. The van der Waals surface area contributed by atoms with Gasteiger partial charge in [0.2, 0.25) is 5.91 Å². The standard InChI is InChI=1S/C12H17N3O/c1-2-14(7-3-6-13)9-15-11-5-4-10(8-11)12(15)16/h4-5,10-11H,2-3,7-9H2,1H3. The molecule has 1 aliphatic carbocycles. The third-order valence-corrected chi connectivity index (χ3v) is 3.40. The van der Waals surface area contributed by atoms with Crippen LogP contribution in [-0.2, 0) is 4.79 Å². The third-order valence-electron chi connectivity index (χ3n) is 3.40. The van der Waals surface area contributed by atoms with Gasteiger partial charge in [0.05, 0.1) is 24.7 Å². The molecule has 1 fully saturated rings. The Balaban J connectivity index is 1.91. The molecule has 86 valence electrons. The average molecular weight is 219 g/mol. The number of amides is 1. The zero-order valence-electron chi connectivity index (χ0n) is 9.59. The summed E-state index contributed by atoms with van der Waals surface area (Å²) in [5.74, 6) is 0.377. The van der Waals surface area contributed by atoms with Crippen LogP contribution < -0.4 is 0 Å². The lowest BCUT2D eigenvalue weighted by Crippen LogP contribution is -2.44. The molecule has 1 aliphatic heterocycles. The average Bonchev–Trinajstić information content (AvgIpc) is 2.87. The van der Waals surface area contributed by atoms with Crippen LogP contribution in [0.5, 0.6) is 0 Å². The molecule has 0 aromatic carbocycles. The van der Waals surface area contributed by atoms with Crippen molar-refractivity contribution in [3.8, 4) is 6.07 Å². The molecular formula is C12H17N3O. The Morgan fingerprint density at radius 2 is 2.44 bits per heavy atom. The van der Waals surface area contributed by atoms with Crippen molar-refractivity contribution in [1.82, 2.24) is 9.80 Å². The number of nitrogens with zero attached hydrogens (tertiary/aromatic N) is 3. The van der Waals surface area contributed by atoms with E-state index in [0.717, 1.165) is 19.5 Å². The number of carbonyl (C=O) groups is 1. The second-order valence-corrected chi connectivity index (χ2v) is 4.36. The van der Waals surface area contributed by atoms with Crippen LogP contribution in [0.1, 0.15) is 19.8 Å². The Kier molecular flexibility index (Phi) is 3.25. The molecule has 0 aromatic heterocycles. The number of hydrogen-bond donors (Lipinski definition) is 0. The first-order valence-corrected chi connectivity index (χ1v) is 5.84. The normalized spacial score (nSPS) is 26.8. The van der Waals surface area contributed by atoms with Crippen molar-refractivity contribution in [3.63, 3.8) is 0 Å². The maximum Gasteiger partial charge on any atom is 0.231 e. The summed E-state index contributed by atoms with van der Waals surface area (Å²) in [6, 6.07) is 2.44. The van der Waals surface area contributed by atoms with Crippen LogP contribution in [0.2, 0.25) is 0 Å². The smallest absolute Gasteiger partial charge is 0.231 e. The Bertz CT molecular complexity index is 345. The molecule has 4 heteroatoms. The lowest BCUT2D eigenvalue weighted by molar-refractivity contribution is -0.133. The fourth-order valence-corrected chi connectivity index (χ4v) is 2.40. The predicted molar refractivity (Wildman–Crippen MR) is 60.2 cm³/mol. The first kappa shape index (κ1) is 11.2. The van der Waals surface area contributed by atoms with Gasteiger partial charge in [-0.15, -0.1) is 0 Å². The molecule has 1 heterocycles. The van der Waals surface area contributed by atoms with Crippen LogP contribution in [0.15, 0.2) is 12.2 Å². The first-order valence-electron chi connectivity index (χ1n) is 5.84. The van der Waals surface area contributed by atoms with E-state index in [1.54, 1.807) is 0 Å². The number of hydrogen-bond acceptors (Lipinski definition) is 3. The summed E-state index contributed by atoms with van der Waals surface area (Å²) in [6.45, 7) is 4.36. The van der Waals surface area contributed by atoms with E-state index in [1.165, 1.54) is 0 Å². The Hall–Kier alpha value is -1.34. The highest BCUT2D eigenvalue weighted by molar-refractivity contribution is 5.85. The summed E-state index contributed by atoms with van der Waals surface area (Å²) >= 11 is 0. The molecule has 0 aromatic rings. The number of nitriles is 1. The van der Waals surface area contributed by atoms with Gasteiger partial charge in [0.25, 0.3) is 0 Å². The van der Waals surface area contributed by atoms with Gasteiger partial charge in [0.1, 0.15) is 0 Å².